The molecule has 8 nitrogen and oxygen atoms in total. The van der Waals surface area contributed by atoms with Gasteiger partial charge in [-0.15, -0.1) is 0 Å². The zero-order valence-corrected chi connectivity index (χ0v) is 19.5. The molecular formula is C27H29N3O5. The summed E-state index contributed by atoms with van der Waals surface area (Å²) >= 11 is 0. The summed E-state index contributed by atoms with van der Waals surface area (Å²) < 4.78 is 5.59. The number of unbranched alkanes of at least 4 members (excludes halogenated alkanes) is 1. The number of alkyl carbamates (subject to hydrolysis) is 1. The molecule has 0 aromatic heterocycles. The van der Waals surface area contributed by atoms with Gasteiger partial charge in [-0.2, -0.15) is 5.26 Å². The van der Waals surface area contributed by atoms with E-state index in [1.165, 1.54) is 4.90 Å². The number of hydrogen-bond donors (Lipinski definition) is 2. The molecule has 182 valence electrons. The summed E-state index contributed by atoms with van der Waals surface area (Å²) in [6, 6.07) is 17.3. The third kappa shape index (κ3) is 5.46. The lowest BCUT2D eigenvalue weighted by Gasteiger charge is -2.33. The number of nitriles is 1. The Labute approximate surface area is 204 Å². The molecule has 2 N–H and O–H groups in total. The minimum Gasteiger partial charge on any atom is -0.481 e. The van der Waals surface area contributed by atoms with E-state index < -0.39 is 24.0 Å². The molecule has 4 rings (SSSR count). The number of nitrogens with one attached hydrogen (secondary N) is 1. The van der Waals surface area contributed by atoms with E-state index in [0.717, 1.165) is 22.3 Å². The van der Waals surface area contributed by atoms with Crippen molar-refractivity contribution in [3.8, 4) is 17.2 Å². The Morgan fingerprint density at radius 1 is 1.11 bits per heavy atom. The van der Waals surface area contributed by atoms with Crippen LogP contribution in [0.3, 0.4) is 0 Å². The number of carbonyl (C=O) groups excluding carboxylic acids is 2. The molecule has 0 radical (unpaired) electrons. The van der Waals surface area contributed by atoms with Crippen molar-refractivity contribution >= 4 is 18.0 Å². The number of amides is 2. The quantitative estimate of drug-likeness (QED) is 0.559. The van der Waals surface area contributed by atoms with Crippen LogP contribution in [0.4, 0.5) is 4.79 Å². The van der Waals surface area contributed by atoms with Crippen LogP contribution < -0.4 is 5.32 Å². The monoisotopic (exact) mass is 475 g/mol. The molecule has 0 saturated carbocycles. The van der Waals surface area contributed by atoms with E-state index in [2.05, 4.69) is 23.5 Å². The first-order chi connectivity index (χ1) is 17.0. The molecule has 1 fully saturated rings. The summed E-state index contributed by atoms with van der Waals surface area (Å²) in [5, 5.41) is 20.9. The minimum atomic E-state index is -0.923. The first kappa shape index (κ1) is 24.3. The molecule has 2 aromatic rings. The number of fused-ring (bicyclic) bond motifs is 3. The number of rotatable bonds is 8. The first-order valence-electron chi connectivity index (χ1n) is 12.0. The van der Waals surface area contributed by atoms with Crippen molar-refractivity contribution in [2.24, 2.45) is 5.92 Å². The number of likely N-dealkylation sites (tertiary alicyclic amines) is 1. The molecule has 1 aliphatic carbocycles. The van der Waals surface area contributed by atoms with E-state index in [1.54, 1.807) is 0 Å². The van der Waals surface area contributed by atoms with Crippen molar-refractivity contribution in [1.82, 2.24) is 10.2 Å². The number of carbonyl (C=O) groups is 3. The van der Waals surface area contributed by atoms with Gasteiger partial charge in [-0.05, 0) is 47.9 Å². The SMILES string of the molecule is N#CCCCC(NC(=O)OCC1c2ccccc2-c2ccccc21)C(=O)N1CCCC(C(=O)O)C1. The summed E-state index contributed by atoms with van der Waals surface area (Å²) in [7, 11) is 0. The van der Waals surface area contributed by atoms with Crippen LogP contribution in [-0.2, 0) is 14.3 Å². The average molecular weight is 476 g/mol. The lowest BCUT2D eigenvalue weighted by Crippen LogP contribution is -2.52. The molecular weight excluding hydrogens is 446 g/mol. The molecule has 1 saturated heterocycles. The Balaban J connectivity index is 1.41. The fourth-order valence-electron chi connectivity index (χ4n) is 5.02. The van der Waals surface area contributed by atoms with Crippen molar-refractivity contribution in [2.45, 2.75) is 44.1 Å². The normalized spacial score (nSPS) is 17.6. The highest BCUT2D eigenvalue weighted by atomic mass is 16.5. The molecule has 2 unspecified atom stereocenters. The number of carboxylic acids is 1. The van der Waals surface area contributed by atoms with E-state index in [-0.39, 0.29) is 37.8 Å². The Kier molecular flexibility index (Phi) is 7.66. The number of benzene rings is 2. The molecule has 2 aromatic carbocycles. The van der Waals surface area contributed by atoms with Crippen molar-refractivity contribution < 1.29 is 24.2 Å². The van der Waals surface area contributed by atoms with Crippen molar-refractivity contribution in [1.29, 1.82) is 5.26 Å². The topological polar surface area (TPSA) is 120 Å². The number of hydrogen-bond acceptors (Lipinski definition) is 5. The van der Waals surface area contributed by atoms with Crippen LogP contribution in [-0.4, -0.2) is 53.7 Å². The van der Waals surface area contributed by atoms with Crippen LogP contribution >= 0.6 is 0 Å². The van der Waals surface area contributed by atoms with Crippen molar-refractivity contribution in [2.75, 3.05) is 19.7 Å². The second-order valence-electron chi connectivity index (χ2n) is 9.03. The Hall–Kier alpha value is -3.86. The van der Waals surface area contributed by atoms with Crippen LogP contribution in [0.2, 0.25) is 0 Å². The van der Waals surface area contributed by atoms with Crippen molar-refractivity contribution in [3.05, 3.63) is 59.7 Å². The maximum Gasteiger partial charge on any atom is 0.407 e. The van der Waals surface area contributed by atoms with E-state index >= 15 is 0 Å². The Bertz CT molecular complexity index is 1100. The van der Waals surface area contributed by atoms with Crippen LogP contribution in [0.15, 0.2) is 48.5 Å². The molecule has 35 heavy (non-hydrogen) atoms. The van der Waals surface area contributed by atoms with Crippen LogP contribution in [0, 0.1) is 17.2 Å². The van der Waals surface area contributed by atoms with Gasteiger partial charge < -0.3 is 20.1 Å². The fraction of sp³-hybridized carbons (Fsp3) is 0.407. The molecule has 0 spiro atoms. The molecule has 8 heteroatoms. The average Bonchev–Trinajstić information content (AvgIpc) is 3.20. The van der Waals surface area contributed by atoms with Gasteiger partial charge in [-0.1, -0.05) is 48.5 Å². The summed E-state index contributed by atoms with van der Waals surface area (Å²) in [6.45, 7) is 0.697. The smallest absolute Gasteiger partial charge is 0.407 e. The van der Waals surface area contributed by atoms with Gasteiger partial charge in [0.1, 0.15) is 12.6 Å². The van der Waals surface area contributed by atoms with Crippen LogP contribution in [0.5, 0.6) is 0 Å². The molecule has 1 aliphatic heterocycles. The summed E-state index contributed by atoms with van der Waals surface area (Å²) in [4.78, 5) is 38.8. The van der Waals surface area contributed by atoms with Crippen LogP contribution in [0.25, 0.3) is 11.1 Å². The third-order valence-electron chi connectivity index (χ3n) is 6.80. The van der Waals surface area contributed by atoms with Gasteiger partial charge in [0, 0.05) is 25.4 Å². The van der Waals surface area contributed by atoms with Crippen LogP contribution in [0.1, 0.15) is 49.1 Å². The molecule has 2 amide bonds. The molecule has 1 heterocycles. The van der Waals surface area contributed by atoms with E-state index in [9.17, 15) is 19.5 Å². The molecule has 2 atom stereocenters. The minimum absolute atomic E-state index is 0.0979. The zero-order chi connectivity index (χ0) is 24.8. The van der Waals surface area contributed by atoms with Gasteiger partial charge in [-0.3, -0.25) is 9.59 Å². The summed E-state index contributed by atoms with van der Waals surface area (Å²) in [5.41, 5.74) is 4.44. The van der Waals surface area contributed by atoms with Gasteiger partial charge in [0.15, 0.2) is 0 Å². The largest absolute Gasteiger partial charge is 0.481 e. The zero-order valence-electron chi connectivity index (χ0n) is 19.5. The highest BCUT2D eigenvalue weighted by molar-refractivity contribution is 5.86. The second-order valence-corrected chi connectivity index (χ2v) is 9.03. The lowest BCUT2D eigenvalue weighted by molar-refractivity contribution is -0.146. The number of piperidine rings is 1. The highest BCUT2D eigenvalue weighted by Crippen LogP contribution is 2.44. The molecule has 2 aliphatic rings. The third-order valence-corrected chi connectivity index (χ3v) is 6.80. The van der Waals surface area contributed by atoms with Gasteiger partial charge in [0.2, 0.25) is 5.91 Å². The Morgan fingerprint density at radius 3 is 2.40 bits per heavy atom. The van der Waals surface area contributed by atoms with Gasteiger partial charge in [-0.25, -0.2) is 4.79 Å². The lowest BCUT2D eigenvalue weighted by atomic mass is 9.97. The number of carboxylic acid groups (broad SMARTS) is 1. The summed E-state index contributed by atoms with van der Waals surface area (Å²) in [5.74, 6) is -1.96. The second kappa shape index (κ2) is 11.0. The predicted octanol–water partition coefficient (Wildman–Crippen LogP) is 3.91. The van der Waals surface area contributed by atoms with Crippen molar-refractivity contribution in [3.63, 3.8) is 0 Å². The first-order valence-corrected chi connectivity index (χ1v) is 12.0. The maximum atomic E-state index is 13.2. The standard InChI is InChI=1S/C27H29N3O5/c28-14-6-5-13-24(25(31)30-15-7-8-18(16-30)26(32)33)29-27(34)35-17-23-21-11-3-1-9-19(21)20-10-2-4-12-22(20)23/h1-4,9-12,18,23-24H,5-8,13,15-17H2,(H,29,34)(H,32,33). The summed E-state index contributed by atoms with van der Waals surface area (Å²) in [6.07, 6.45) is 1.40. The van der Waals surface area contributed by atoms with Gasteiger partial charge in [0.05, 0.1) is 12.0 Å². The number of aliphatic carboxylic acids is 1. The fourth-order valence-corrected chi connectivity index (χ4v) is 5.02. The van der Waals surface area contributed by atoms with E-state index in [4.69, 9.17) is 10.00 Å². The van der Waals surface area contributed by atoms with Gasteiger partial charge >= 0.3 is 12.1 Å². The maximum absolute atomic E-state index is 13.2. The molecule has 0 bridgehead atoms. The highest BCUT2D eigenvalue weighted by Gasteiger charge is 2.33. The Morgan fingerprint density at radius 2 is 1.77 bits per heavy atom. The van der Waals surface area contributed by atoms with Gasteiger partial charge in [0.25, 0.3) is 0 Å². The number of ether oxygens (including phenoxy) is 1. The number of nitrogens with zero attached hydrogens (tertiary/aromatic N) is 2. The predicted molar refractivity (Wildman–Crippen MR) is 128 cm³/mol. The van der Waals surface area contributed by atoms with E-state index in [0.29, 0.717) is 25.8 Å². The van der Waals surface area contributed by atoms with E-state index in [1.807, 2.05) is 36.4 Å².